The van der Waals surface area contributed by atoms with E-state index in [0.29, 0.717) is 27.8 Å². The van der Waals surface area contributed by atoms with Gasteiger partial charge < -0.3 is 19.7 Å². The Kier molecular flexibility index (Phi) is 11.4. The molecule has 1 fully saturated rings. The van der Waals surface area contributed by atoms with Gasteiger partial charge in [0, 0.05) is 28.7 Å². The first kappa shape index (κ1) is 31.8. The minimum Gasteiger partial charge on any atom is -0.497 e. The van der Waals surface area contributed by atoms with Gasteiger partial charge in [0.1, 0.15) is 24.1 Å². The molecule has 1 N–H and O–H groups in total. The van der Waals surface area contributed by atoms with Crippen LogP contribution in [0.2, 0.25) is 10.0 Å². The molecule has 1 aliphatic rings. The molecule has 1 atom stereocenters. The van der Waals surface area contributed by atoms with Gasteiger partial charge in [-0.3, -0.25) is 13.9 Å². The highest BCUT2D eigenvalue weighted by Crippen LogP contribution is 2.34. The fraction of sp³-hybridized carbons (Fsp3) is 0.500. The van der Waals surface area contributed by atoms with Crippen LogP contribution in [0.1, 0.15) is 51.0 Å². The Morgan fingerprint density at radius 1 is 1.05 bits per heavy atom. The molecule has 0 radical (unpaired) electrons. The van der Waals surface area contributed by atoms with Gasteiger partial charge in [-0.25, -0.2) is 8.42 Å². The van der Waals surface area contributed by atoms with E-state index in [-0.39, 0.29) is 29.9 Å². The van der Waals surface area contributed by atoms with Crippen LogP contribution in [0.4, 0.5) is 5.69 Å². The number of nitrogens with zero attached hydrogens (tertiary/aromatic N) is 2. The van der Waals surface area contributed by atoms with Crippen molar-refractivity contribution in [3.8, 4) is 11.5 Å². The molecule has 0 heterocycles. The van der Waals surface area contributed by atoms with E-state index in [2.05, 4.69) is 5.32 Å². The lowest BCUT2D eigenvalue weighted by Crippen LogP contribution is -2.54. The highest BCUT2D eigenvalue weighted by Gasteiger charge is 2.34. The van der Waals surface area contributed by atoms with Gasteiger partial charge in [-0.2, -0.15) is 0 Å². The summed E-state index contributed by atoms with van der Waals surface area (Å²) in [6.07, 6.45) is 6.32. The highest BCUT2D eigenvalue weighted by molar-refractivity contribution is 7.92. The molecule has 9 nitrogen and oxygen atoms in total. The highest BCUT2D eigenvalue weighted by atomic mass is 35.5. The summed E-state index contributed by atoms with van der Waals surface area (Å²) >= 11 is 12.5. The first-order chi connectivity index (χ1) is 19.0. The predicted molar refractivity (Wildman–Crippen MR) is 158 cm³/mol. The number of hydrogen-bond acceptors (Lipinski definition) is 6. The van der Waals surface area contributed by atoms with Crippen molar-refractivity contribution in [1.82, 2.24) is 10.2 Å². The normalized spacial score (nSPS) is 14.8. The number of nitrogens with one attached hydrogen (secondary N) is 1. The van der Waals surface area contributed by atoms with E-state index in [0.717, 1.165) is 42.7 Å². The zero-order chi connectivity index (χ0) is 29.4. The average Bonchev–Trinajstić information content (AvgIpc) is 2.92. The van der Waals surface area contributed by atoms with Gasteiger partial charge in [0.15, 0.2) is 0 Å². The number of halogens is 2. The molecule has 0 aliphatic heterocycles. The van der Waals surface area contributed by atoms with Crippen LogP contribution < -0.4 is 19.1 Å². The first-order valence-corrected chi connectivity index (χ1v) is 15.8. The largest absolute Gasteiger partial charge is 0.497 e. The molecule has 1 aliphatic carbocycles. The Bertz CT molecular complexity index is 1300. The van der Waals surface area contributed by atoms with Crippen molar-refractivity contribution in [3.05, 3.63) is 52.0 Å². The molecule has 3 rings (SSSR count). The van der Waals surface area contributed by atoms with Crippen molar-refractivity contribution >= 4 is 50.7 Å². The topological polar surface area (TPSA) is 105 Å². The van der Waals surface area contributed by atoms with Gasteiger partial charge in [0.05, 0.1) is 26.2 Å². The van der Waals surface area contributed by atoms with E-state index in [1.807, 2.05) is 6.92 Å². The summed E-state index contributed by atoms with van der Waals surface area (Å²) in [5.41, 5.74) is 0.750. The molecule has 1 saturated carbocycles. The average molecular weight is 615 g/mol. The number of benzene rings is 2. The SMILES string of the molecule is CC[C@@H](C(=O)NC1CCCCC1)N(Cc1ccc(Cl)cc1Cl)C(=O)CN(c1ccc(OC)cc1OC)S(C)(=O)=O. The van der Waals surface area contributed by atoms with Gasteiger partial charge in [0.2, 0.25) is 21.8 Å². The number of carbonyl (C=O) groups excluding carboxylic acids is 2. The number of ether oxygens (including phenoxy) is 2. The van der Waals surface area contributed by atoms with Crippen LogP contribution >= 0.6 is 23.2 Å². The second-order valence-electron chi connectivity index (χ2n) is 9.83. The van der Waals surface area contributed by atoms with Crippen LogP contribution in [0, 0.1) is 0 Å². The third-order valence-electron chi connectivity index (χ3n) is 7.03. The fourth-order valence-electron chi connectivity index (χ4n) is 4.88. The molecular formula is C28H37Cl2N3O6S. The smallest absolute Gasteiger partial charge is 0.244 e. The number of methoxy groups -OCH3 is 2. The molecule has 0 spiro atoms. The maximum Gasteiger partial charge on any atom is 0.244 e. The Morgan fingerprint density at radius 3 is 2.33 bits per heavy atom. The maximum absolute atomic E-state index is 14.0. The lowest BCUT2D eigenvalue weighted by Gasteiger charge is -2.34. The molecular weight excluding hydrogens is 577 g/mol. The van der Waals surface area contributed by atoms with E-state index in [9.17, 15) is 18.0 Å². The Hall–Kier alpha value is -2.69. The summed E-state index contributed by atoms with van der Waals surface area (Å²) in [5.74, 6) is -0.169. The minimum atomic E-state index is -3.94. The molecule has 0 aromatic heterocycles. The quantitative estimate of drug-likeness (QED) is 0.360. The summed E-state index contributed by atoms with van der Waals surface area (Å²) in [5, 5.41) is 3.88. The third-order valence-corrected chi connectivity index (χ3v) is 8.74. The van der Waals surface area contributed by atoms with E-state index >= 15 is 0 Å². The van der Waals surface area contributed by atoms with Crippen LogP contribution in [0.15, 0.2) is 36.4 Å². The number of anilines is 1. The van der Waals surface area contributed by atoms with Crippen molar-refractivity contribution in [2.24, 2.45) is 0 Å². The van der Waals surface area contributed by atoms with E-state index < -0.39 is 28.5 Å². The molecule has 40 heavy (non-hydrogen) atoms. The number of rotatable bonds is 12. The van der Waals surface area contributed by atoms with Gasteiger partial charge in [-0.05, 0) is 49.1 Å². The second kappa shape index (κ2) is 14.3. The first-order valence-electron chi connectivity index (χ1n) is 13.2. The van der Waals surface area contributed by atoms with Crippen molar-refractivity contribution < 1.29 is 27.5 Å². The van der Waals surface area contributed by atoms with Crippen LogP contribution in [0.25, 0.3) is 0 Å². The molecule has 0 saturated heterocycles. The van der Waals surface area contributed by atoms with Crippen molar-refractivity contribution in [1.29, 1.82) is 0 Å². The van der Waals surface area contributed by atoms with Gasteiger partial charge in [-0.15, -0.1) is 0 Å². The van der Waals surface area contributed by atoms with Crippen molar-refractivity contribution in [2.45, 2.75) is 64.1 Å². The number of amides is 2. The number of sulfonamides is 1. The Morgan fingerprint density at radius 2 is 1.75 bits per heavy atom. The van der Waals surface area contributed by atoms with E-state index in [4.69, 9.17) is 32.7 Å². The summed E-state index contributed by atoms with van der Waals surface area (Å²) in [6, 6.07) is 8.74. The van der Waals surface area contributed by atoms with Crippen molar-refractivity contribution in [2.75, 3.05) is 31.3 Å². The van der Waals surface area contributed by atoms with Crippen LogP contribution in [0.5, 0.6) is 11.5 Å². The van der Waals surface area contributed by atoms with Crippen LogP contribution in [0.3, 0.4) is 0 Å². The Balaban J connectivity index is 1.99. The standard InChI is InChI=1S/C28H37Cl2N3O6S/c1-5-24(28(35)31-21-9-7-6-8-10-21)32(17-19-11-12-20(29)15-23(19)30)27(34)18-33(40(4,36)37)25-14-13-22(38-2)16-26(25)39-3/h11-16,21,24H,5-10,17-18H2,1-4H3,(H,31,35)/t24-/m0/s1. The monoisotopic (exact) mass is 613 g/mol. The molecule has 0 bridgehead atoms. The second-order valence-corrected chi connectivity index (χ2v) is 12.6. The molecule has 2 aromatic rings. The van der Waals surface area contributed by atoms with Gasteiger partial charge >= 0.3 is 0 Å². The molecule has 2 aromatic carbocycles. The lowest BCUT2D eigenvalue weighted by molar-refractivity contribution is -0.140. The van der Waals surface area contributed by atoms with E-state index in [1.54, 1.807) is 24.3 Å². The lowest BCUT2D eigenvalue weighted by atomic mass is 9.95. The zero-order valence-corrected chi connectivity index (χ0v) is 25.6. The zero-order valence-electron chi connectivity index (χ0n) is 23.3. The third kappa shape index (κ3) is 8.17. The molecule has 2 amide bonds. The number of carbonyl (C=O) groups is 2. The summed E-state index contributed by atoms with van der Waals surface area (Å²) < 4.78 is 37.5. The van der Waals surface area contributed by atoms with E-state index in [1.165, 1.54) is 31.3 Å². The van der Waals surface area contributed by atoms with Crippen LogP contribution in [-0.2, 0) is 26.2 Å². The van der Waals surface area contributed by atoms with Crippen LogP contribution in [-0.4, -0.2) is 64.2 Å². The summed E-state index contributed by atoms with van der Waals surface area (Å²) in [6.45, 7) is 1.25. The fourth-order valence-corrected chi connectivity index (χ4v) is 6.20. The molecule has 12 heteroatoms. The summed E-state index contributed by atoms with van der Waals surface area (Å²) in [4.78, 5) is 28.9. The molecule has 220 valence electrons. The van der Waals surface area contributed by atoms with Crippen molar-refractivity contribution in [3.63, 3.8) is 0 Å². The maximum atomic E-state index is 14.0. The molecule has 0 unspecified atom stereocenters. The number of hydrogen-bond donors (Lipinski definition) is 1. The minimum absolute atomic E-state index is 0.0111. The summed E-state index contributed by atoms with van der Waals surface area (Å²) in [7, 11) is -1.06. The Labute approximate surface area is 246 Å². The predicted octanol–water partition coefficient (Wildman–Crippen LogP) is 5.03. The van der Waals surface area contributed by atoms with Gasteiger partial charge in [-0.1, -0.05) is 55.5 Å². The van der Waals surface area contributed by atoms with Gasteiger partial charge in [0.25, 0.3) is 0 Å².